The monoisotopic (exact) mass is 145 g/mol. The van der Waals surface area contributed by atoms with Gasteiger partial charge in [0.1, 0.15) is 0 Å². The molecule has 2 heteroatoms. The zero-order valence-electron chi connectivity index (χ0n) is 8.02. The lowest BCUT2D eigenvalue weighted by molar-refractivity contribution is -0.869. The Balaban J connectivity index is 3.36. The van der Waals surface area contributed by atoms with Crippen LogP contribution in [0.5, 0.6) is 0 Å². The molecule has 0 rings (SSSR count). The summed E-state index contributed by atoms with van der Waals surface area (Å²) in [5.74, 6) is 0. The molecule has 0 saturated carbocycles. The molecule has 0 unspecified atom stereocenters. The summed E-state index contributed by atoms with van der Waals surface area (Å²) in [5.41, 5.74) is 0. The maximum absolute atomic E-state index is 2.34. The van der Waals surface area contributed by atoms with Gasteiger partial charge in [0.2, 0.25) is 0 Å². The van der Waals surface area contributed by atoms with E-state index in [-0.39, 0.29) is 0 Å². The van der Waals surface area contributed by atoms with Crippen LogP contribution in [0.3, 0.4) is 0 Å². The summed E-state index contributed by atoms with van der Waals surface area (Å²) in [6.07, 6.45) is 0. The van der Waals surface area contributed by atoms with Crippen LogP contribution in [0.2, 0.25) is 0 Å². The van der Waals surface area contributed by atoms with Gasteiger partial charge in [-0.2, -0.15) is 0 Å². The summed E-state index contributed by atoms with van der Waals surface area (Å²) in [6, 6.07) is 0. The number of hydrogen-bond donors (Lipinski definition) is 0. The van der Waals surface area contributed by atoms with Crippen molar-refractivity contribution in [2.45, 2.75) is 6.92 Å². The highest BCUT2D eigenvalue weighted by Crippen LogP contribution is 1.90. The van der Waals surface area contributed by atoms with Gasteiger partial charge in [0.25, 0.3) is 0 Å². The summed E-state index contributed by atoms with van der Waals surface area (Å²) < 4.78 is 1.06. The van der Waals surface area contributed by atoms with Crippen molar-refractivity contribution >= 4 is 0 Å². The van der Waals surface area contributed by atoms with Crippen molar-refractivity contribution in [3.8, 4) is 0 Å². The van der Waals surface area contributed by atoms with Gasteiger partial charge in [-0.1, -0.05) is 6.92 Å². The van der Waals surface area contributed by atoms with Gasteiger partial charge in [0.15, 0.2) is 0 Å². The quantitative estimate of drug-likeness (QED) is 0.525. The summed E-state index contributed by atoms with van der Waals surface area (Å²) in [7, 11) is 8.84. The molecule has 0 aromatic carbocycles. The average molecular weight is 145 g/mol. The van der Waals surface area contributed by atoms with Gasteiger partial charge in [0, 0.05) is 6.54 Å². The summed E-state index contributed by atoms with van der Waals surface area (Å²) in [5, 5.41) is 0. The minimum absolute atomic E-state index is 1.06. The maximum Gasteiger partial charge on any atom is 0.0909 e. The first-order chi connectivity index (χ1) is 4.45. The molecular weight excluding hydrogens is 124 g/mol. The normalized spacial score (nSPS) is 12.6. The Morgan fingerprint density at radius 2 is 1.70 bits per heavy atom. The fourth-order valence-electron chi connectivity index (χ4n) is 0.629. The standard InChI is InChI=1S/C8H21N2/c1-6-9(2)7-8-10(3,4)5/h6-8H2,1-5H3/q+1. The zero-order valence-corrected chi connectivity index (χ0v) is 8.02. The van der Waals surface area contributed by atoms with E-state index in [1.807, 2.05) is 0 Å². The lowest BCUT2D eigenvalue weighted by Gasteiger charge is -2.26. The second kappa shape index (κ2) is 3.94. The molecule has 0 aromatic rings. The maximum atomic E-state index is 2.34. The van der Waals surface area contributed by atoms with Gasteiger partial charge in [0.05, 0.1) is 27.7 Å². The Labute approximate surface area is 65.0 Å². The van der Waals surface area contributed by atoms with Crippen LogP contribution in [0.1, 0.15) is 6.92 Å². The molecule has 0 saturated heterocycles. The topological polar surface area (TPSA) is 3.24 Å². The molecule has 0 fully saturated rings. The molecule has 0 N–H and O–H groups in total. The molecule has 62 valence electrons. The van der Waals surface area contributed by atoms with E-state index in [9.17, 15) is 0 Å². The molecule has 0 amide bonds. The smallest absolute Gasteiger partial charge is 0.0909 e. The Hall–Kier alpha value is -0.0800. The first kappa shape index (κ1) is 9.92. The van der Waals surface area contributed by atoms with E-state index in [2.05, 4.69) is 40.0 Å². The molecule has 0 heterocycles. The van der Waals surface area contributed by atoms with E-state index >= 15 is 0 Å². The van der Waals surface area contributed by atoms with Crippen LogP contribution in [-0.2, 0) is 0 Å². The van der Waals surface area contributed by atoms with Crippen LogP contribution in [0.25, 0.3) is 0 Å². The third kappa shape index (κ3) is 6.05. The van der Waals surface area contributed by atoms with Crippen LogP contribution in [0.15, 0.2) is 0 Å². The number of quaternary nitrogens is 1. The number of nitrogens with zero attached hydrogens (tertiary/aromatic N) is 2. The highest BCUT2D eigenvalue weighted by molar-refractivity contribution is 4.44. The van der Waals surface area contributed by atoms with Gasteiger partial charge >= 0.3 is 0 Å². The fourth-order valence-corrected chi connectivity index (χ4v) is 0.629. The molecule has 0 spiro atoms. The molecule has 0 atom stereocenters. The molecule has 2 nitrogen and oxygen atoms in total. The van der Waals surface area contributed by atoms with Crippen LogP contribution < -0.4 is 0 Å². The molecule has 0 radical (unpaired) electrons. The van der Waals surface area contributed by atoms with E-state index in [1.54, 1.807) is 0 Å². The summed E-state index contributed by atoms with van der Waals surface area (Å²) in [6.45, 7) is 5.76. The van der Waals surface area contributed by atoms with E-state index in [4.69, 9.17) is 0 Å². The molecular formula is C8H21N2+. The Kier molecular flexibility index (Phi) is 3.91. The molecule has 0 aliphatic rings. The minimum Gasteiger partial charge on any atom is -0.330 e. The van der Waals surface area contributed by atoms with E-state index in [0.29, 0.717) is 0 Å². The first-order valence-electron chi connectivity index (χ1n) is 3.94. The molecule has 0 aliphatic heterocycles. The third-order valence-corrected chi connectivity index (χ3v) is 1.69. The minimum atomic E-state index is 1.06. The number of rotatable bonds is 4. The third-order valence-electron chi connectivity index (χ3n) is 1.69. The van der Waals surface area contributed by atoms with Gasteiger partial charge in [-0.3, -0.25) is 0 Å². The van der Waals surface area contributed by atoms with Gasteiger partial charge in [-0.15, -0.1) is 0 Å². The van der Waals surface area contributed by atoms with Crippen molar-refractivity contribution in [1.82, 2.24) is 4.90 Å². The highest BCUT2D eigenvalue weighted by atomic mass is 15.3. The van der Waals surface area contributed by atoms with Crippen LogP contribution >= 0.6 is 0 Å². The predicted molar refractivity (Wildman–Crippen MR) is 46.1 cm³/mol. The van der Waals surface area contributed by atoms with Crippen molar-refractivity contribution < 1.29 is 4.48 Å². The van der Waals surface area contributed by atoms with Crippen molar-refractivity contribution in [3.63, 3.8) is 0 Å². The molecule has 0 bridgehead atoms. The first-order valence-corrected chi connectivity index (χ1v) is 3.94. The second-order valence-corrected chi connectivity index (χ2v) is 3.91. The Morgan fingerprint density at radius 3 is 2.00 bits per heavy atom. The van der Waals surface area contributed by atoms with Crippen molar-refractivity contribution in [2.75, 3.05) is 47.8 Å². The average Bonchev–Trinajstić information content (AvgIpc) is 1.81. The largest absolute Gasteiger partial charge is 0.330 e. The molecule has 10 heavy (non-hydrogen) atoms. The van der Waals surface area contributed by atoms with Gasteiger partial charge < -0.3 is 9.38 Å². The fraction of sp³-hybridized carbons (Fsp3) is 1.00. The SMILES string of the molecule is CCN(C)CC[N+](C)(C)C. The predicted octanol–water partition coefficient (Wildman–Crippen LogP) is 0.644. The lowest BCUT2D eigenvalue weighted by Crippen LogP contribution is -2.40. The van der Waals surface area contributed by atoms with Crippen molar-refractivity contribution in [2.24, 2.45) is 0 Å². The van der Waals surface area contributed by atoms with E-state index in [0.717, 1.165) is 11.0 Å². The van der Waals surface area contributed by atoms with Crippen LogP contribution in [-0.4, -0.2) is 57.2 Å². The van der Waals surface area contributed by atoms with Gasteiger partial charge in [-0.25, -0.2) is 0 Å². The molecule has 0 aliphatic carbocycles. The van der Waals surface area contributed by atoms with Crippen LogP contribution in [0, 0.1) is 0 Å². The Morgan fingerprint density at radius 1 is 1.20 bits per heavy atom. The van der Waals surface area contributed by atoms with Crippen LogP contribution in [0.4, 0.5) is 0 Å². The van der Waals surface area contributed by atoms with Crippen molar-refractivity contribution in [1.29, 1.82) is 0 Å². The van der Waals surface area contributed by atoms with E-state index < -0.39 is 0 Å². The second-order valence-electron chi connectivity index (χ2n) is 3.91. The lowest BCUT2D eigenvalue weighted by atomic mass is 10.4. The Bertz CT molecular complexity index is 83.7. The number of hydrogen-bond acceptors (Lipinski definition) is 1. The zero-order chi connectivity index (χ0) is 8.20. The highest BCUT2D eigenvalue weighted by Gasteiger charge is 2.06. The van der Waals surface area contributed by atoms with Gasteiger partial charge in [-0.05, 0) is 13.6 Å². The molecule has 0 aromatic heterocycles. The summed E-state index contributed by atoms with van der Waals surface area (Å²) >= 11 is 0. The van der Waals surface area contributed by atoms with Crippen molar-refractivity contribution in [3.05, 3.63) is 0 Å². The summed E-state index contributed by atoms with van der Waals surface area (Å²) in [4.78, 5) is 2.34. The number of likely N-dealkylation sites (N-methyl/N-ethyl adjacent to an activating group) is 2. The van der Waals surface area contributed by atoms with E-state index in [1.165, 1.54) is 13.1 Å².